The van der Waals surface area contributed by atoms with Gasteiger partial charge in [0.1, 0.15) is 11.1 Å². The summed E-state index contributed by atoms with van der Waals surface area (Å²) >= 11 is 13.9. The van der Waals surface area contributed by atoms with Gasteiger partial charge in [-0.3, -0.25) is 9.69 Å². The van der Waals surface area contributed by atoms with Gasteiger partial charge in [-0.05, 0) is 56.5 Å². The van der Waals surface area contributed by atoms with Gasteiger partial charge in [0.15, 0.2) is 5.16 Å². The molecule has 1 aromatic heterocycles. The van der Waals surface area contributed by atoms with Crippen LogP contribution in [0.25, 0.3) is 0 Å². The number of carbonyl (C=O) groups excluding carboxylic acids is 1. The molecule has 1 saturated heterocycles. The zero-order chi connectivity index (χ0) is 18.4. The molecule has 138 valence electrons. The van der Waals surface area contributed by atoms with Crippen molar-refractivity contribution >= 4 is 40.9 Å². The average molecular weight is 411 g/mol. The summed E-state index contributed by atoms with van der Waals surface area (Å²) in [5, 5.41) is 5.69. The second-order valence-corrected chi connectivity index (χ2v) is 8.99. The normalized spacial score (nSPS) is 22.6. The maximum absolute atomic E-state index is 13.0. The van der Waals surface area contributed by atoms with Crippen LogP contribution in [0.4, 0.5) is 0 Å². The summed E-state index contributed by atoms with van der Waals surface area (Å²) < 4.78 is 1.45. The molecule has 2 atom stereocenters. The number of fused-ring (bicyclic) bond motifs is 1. The maximum atomic E-state index is 13.0. The predicted octanol–water partition coefficient (Wildman–Crippen LogP) is 4.48. The molecule has 0 N–H and O–H groups in total. The number of aryl methyl sites for hydroxylation is 1. The molecule has 0 aliphatic carbocycles. The molecule has 5 nitrogen and oxygen atoms in total. The Morgan fingerprint density at radius 1 is 1.23 bits per heavy atom. The van der Waals surface area contributed by atoms with Crippen molar-refractivity contribution in [1.82, 2.24) is 19.7 Å². The highest BCUT2D eigenvalue weighted by Gasteiger charge is 2.43. The number of aromatic nitrogens is 3. The molecule has 4 rings (SSSR count). The first-order valence-corrected chi connectivity index (χ1v) is 10.4. The summed E-state index contributed by atoms with van der Waals surface area (Å²) in [5.41, 5.74) is 1.02. The molecule has 2 aliphatic rings. The molecule has 0 spiro atoms. The van der Waals surface area contributed by atoms with Crippen LogP contribution in [0.2, 0.25) is 10.0 Å². The highest BCUT2D eigenvalue weighted by molar-refractivity contribution is 8.00. The minimum Gasteiger partial charge on any atom is -0.295 e. The minimum absolute atomic E-state index is 0.0136. The second kappa shape index (κ2) is 7.15. The molecule has 2 aliphatic heterocycles. The molecule has 0 saturated carbocycles. The van der Waals surface area contributed by atoms with Gasteiger partial charge in [0.05, 0.1) is 16.1 Å². The van der Waals surface area contributed by atoms with Gasteiger partial charge in [0.25, 0.3) is 5.91 Å². The molecule has 0 amide bonds. The number of hydrogen-bond acceptors (Lipinski definition) is 5. The second-order valence-electron chi connectivity index (χ2n) is 7.07. The van der Waals surface area contributed by atoms with Crippen molar-refractivity contribution < 1.29 is 4.79 Å². The molecule has 1 aromatic carbocycles. The van der Waals surface area contributed by atoms with Crippen LogP contribution in [-0.2, 0) is 0 Å². The molecule has 0 bridgehead atoms. The highest BCUT2D eigenvalue weighted by atomic mass is 35.5. The molecular formula is C18H20Cl2N4OS. The van der Waals surface area contributed by atoms with E-state index in [0.717, 1.165) is 31.5 Å². The molecule has 8 heteroatoms. The summed E-state index contributed by atoms with van der Waals surface area (Å²) in [6.45, 7) is 6.01. The van der Waals surface area contributed by atoms with E-state index in [1.54, 1.807) is 6.92 Å². The fraction of sp³-hybridized carbons (Fsp3) is 0.500. The van der Waals surface area contributed by atoms with Gasteiger partial charge in [-0.1, -0.05) is 48.0 Å². The maximum Gasteiger partial charge on any atom is 0.264 e. The third-order valence-electron chi connectivity index (χ3n) is 5.15. The van der Waals surface area contributed by atoms with Crippen LogP contribution in [0.1, 0.15) is 42.0 Å². The van der Waals surface area contributed by atoms with Crippen LogP contribution in [0.3, 0.4) is 0 Å². The van der Waals surface area contributed by atoms with Crippen LogP contribution in [0.5, 0.6) is 0 Å². The Bertz CT molecular complexity index is 848. The number of rotatable bonds is 3. The molecule has 0 radical (unpaired) electrons. The molecule has 2 unspecified atom stereocenters. The van der Waals surface area contributed by atoms with Crippen LogP contribution >= 0.6 is 35.0 Å². The summed E-state index contributed by atoms with van der Waals surface area (Å²) in [6, 6.07) is 5.60. The van der Waals surface area contributed by atoms with E-state index >= 15 is 0 Å². The van der Waals surface area contributed by atoms with Gasteiger partial charge in [-0.25, -0.2) is 4.98 Å². The summed E-state index contributed by atoms with van der Waals surface area (Å²) in [5.74, 6) is 1.32. The quantitative estimate of drug-likeness (QED) is 0.746. The van der Waals surface area contributed by atoms with E-state index in [4.69, 9.17) is 23.2 Å². The number of hydrogen-bond donors (Lipinski definition) is 0. The summed E-state index contributed by atoms with van der Waals surface area (Å²) in [6.07, 6.45) is 2.26. The van der Waals surface area contributed by atoms with Crippen LogP contribution in [0, 0.1) is 12.8 Å². The third-order valence-corrected chi connectivity index (χ3v) is 7.08. The van der Waals surface area contributed by atoms with Crippen molar-refractivity contribution in [1.29, 1.82) is 0 Å². The topological polar surface area (TPSA) is 51.0 Å². The van der Waals surface area contributed by atoms with E-state index in [-0.39, 0.29) is 17.2 Å². The van der Waals surface area contributed by atoms with Crippen molar-refractivity contribution in [3.05, 3.63) is 39.6 Å². The first-order valence-electron chi connectivity index (χ1n) is 8.77. The summed E-state index contributed by atoms with van der Waals surface area (Å²) in [7, 11) is 0. The van der Waals surface area contributed by atoms with Crippen LogP contribution in [0.15, 0.2) is 23.4 Å². The van der Waals surface area contributed by atoms with Gasteiger partial charge in [0.2, 0.25) is 0 Å². The largest absolute Gasteiger partial charge is 0.295 e. The van der Waals surface area contributed by atoms with E-state index < -0.39 is 0 Å². The molecule has 26 heavy (non-hydrogen) atoms. The number of carbonyl (C=O) groups is 1. The fourth-order valence-corrected chi connectivity index (χ4v) is 5.29. The van der Waals surface area contributed by atoms with E-state index in [9.17, 15) is 4.79 Å². The van der Waals surface area contributed by atoms with Crippen molar-refractivity contribution in [2.75, 3.05) is 13.1 Å². The lowest BCUT2D eigenvalue weighted by Crippen LogP contribution is -2.42. The Kier molecular flexibility index (Phi) is 5.03. The lowest BCUT2D eigenvalue weighted by Gasteiger charge is -2.38. The van der Waals surface area contributed by atoms with Crippen molar-refractivity contribution in [3.63, 3.8) is 0 Å². The Morgan fingerprint density at radius 2 is 1.96 bits per heavy atom. The van der Waals surface area contributed by atoms with Gasteiger partial charge >= 0.3 is 0 Å². The first kappa shape index (κ1) is 18.3. The van der Waals surface area contributed by atoms with E-state index in [0.29, 0.717) is 26.9 Å². The van der Waals surface area contributed by atoms with Crippen LogP contribution < -0.4 is 0 Å². The number of likely N-dealkylation sites (tertiary alicyclic amines) is 1. The highest BCUT2D eigenvalue weighted by Crippen LogP contribution is 2.43. The zero-order valence-electron chi connectivity index (χ0n) is 14.7. The number of thioether (sulfide) groups is 1. The standard InChI is InChI=1S/C18H20Cl2N4OS/c1-10-5-7-23(8-6-10)15(12-3-4-13(19)14(20)9-12)16-17(25)24-18(26-16)21-11(2)22-24/h3-4,9-10,15-16H,5-8H2,1-2H3. The van der Waals surface area contributed by atoms with Crippen molar-refractivity contribution in [2.24, 2.45) is 5.92 Å². The lowest BCUT2D eigenvalue weighted by molar-refractivity contribution is 0.0799. The lowest BCUT2D eigenvalue weighted by atomic mass is 9.94. The fourth-order valence-electron chi connectivity index (χ4n) is 3.68. The van der Waals surface area contributed by atoms with Crippen LogP contribution in [-0.4, -0.2) is 43.9 Å². The van der Waals surface area contributed by atoms with E-state index in [2.05, 4.69) is 21.9 Å². The predicted molar refractivity (Wildman–Crippen MR) is 104 cm³/mol. The number of nitrogens with zero attached hydrogens (tertiary/aromatic N) is 4. The van der Waals surface area contributed by atoms with Gasteiger partial charge in [0, 0.05) is 0 Å². The van der Waals surface area contributed by atoms with Crippen molar-refractivity contribution in [2.45, 2.75) is 43.1 Å². The molecule has 1 fully saturated rings. The molecular weight excluding hydrogens is 391 g/mol. The van der Waals surface area contributed by atoms with Gasteiger partial charge in [-0.2, -0.15) is 4.68 Å². The Hall–Kier alpha value is -1.08. The smallest absolute Gasteiger partial charge is 0.264 e. The molecule has 2 aromatic rings. The van der Waals surface area contributed by atoms with E-state index in [1.165, 1.54) is 16.4 Å². The third kappa shape index (κ3) is 3.28. The Morgan fingerprint density at radius 3 is 2.62 bits per heavy atom. The zero-order valence-corrected chi connectivity index (χ0v) is 17.0. The average Bonchev–Trinajstić information content (AvgIpc) is 3.11. The van der Waals surface area contributed by atoms with Gasteiger partial charge in [-0.15, -0.1) is 5.10 Å². The SMILES string of the molecule is Cc1nc2n(n1)C(=O)C(C(c1ccc(Cl)c(Cl)c1)N1CCC(C)CC1)S2. The van der Waals surface area contributed by atoms with E-state index in [1.807, 2.05) is 18.2 Å². The first-order chi connectivity index (χ1) is 12.4. The molecule has 3 heterocycles. The van der Waals surface area contributed by atoms with Gasteiger partial charge < -0.3 is 0 Å². The van der Waals surface area contributed by atoms with Crippen molar-refractivity contribution in [3.8, 4) is 0 Å². The number of benzene rings is 1. The monoisotopic (exact) mass is 410 g/mol. The Labute approximate surface area is 167 Å². The minimum atomic E-state index is -0.281. The summed E-state index contributed by atoms with van der Waals surface area (Å²) in [4.78, 5) is 19.8. The number of halogens is 2. The Balaban J connectivity index is 1.70. The number of piperidine rings is 1.